The quantitative estimate of drug-likeness (QED) is 0.775. The molecule has 0 aromatic carbocycles. The summed E-state index contributed by atoms with van der Waals surface area (Å²) in [6.45, 7) is 12.0. The third-order valence-corrected chi connectivity index (χ3v) is 4.59. The molecule has 1 aliphatic rings. The maximum atomic E-state index is 12.7. The van der Waals surface area contributed by atoms with E-state index in [-0.39, 0.29) is 12.0 Å². The van der Waals surface area contributed by atoms with Crippen LogP contribution in [0.2, 0.25) is 0 Å². The summed E-state index contributed by atoms with van der Waals surface area (Å²) in [5.41, 5.74) is 1.87. The minimum Gasteiger partial charge on any atom is -0.465 e. The molecule has 0 saturated carbocycles. The van der Waals surface area contributed by atoms with E-state index in [0.717, 1.165) is 5.56 Å². The van der Waals surface area contributed by atoms with E-state index in [4.69, 9.17) is 9.72 Å². The number of fused-ring (bicyclic) bond motifs is 1. The van der Waals surface area contributed by atoms with Crippen LogP contribution in [0.4, 0.5) is 9.59 Å². The van der Waals surface area contributed by atoms with Gasteiger partial charge in [0.15, 0.2) is 0 Å². The highest BCUT2D eigenvalue weighted by atomic mass is 16.6. The zero-order chi connectivity index (χ0) is 21.6. The first-order valence-corrected chi connectivity index (χ1v) is 9.66. The van der Waals surface area contributed by atoms with Crippen molar-refractivity contribution >= 4 is 12.2 Å². The van der Waals surface area contributed by atoms with E-state index in [0.29, 0.717) is 35.9 Å². The Bertz CT molecular complexity index is 951. The van der Waals surface area contributed by atoms with Gasteiger partial charge in [-0.1, -0.05) is 20.8 Å². The number of carboxylic acid groups (broad SMARTS) is 1. The first kappa shape index (κ1) is 20.8. The maximum absolute atomic E-state index is 12.7. The average Bonchev–Trinajstić information content (AvgIpc) is 3.07. The summed E-state index contributed by atoms with van der Waals surface area (Å²) in [5, 5.41) is 9.39. The smallest absolute Gasteiger partial charge is 0.419 e. The van der Waals surface area contributed by atoms with Crippen molar-refractivity contribution in [3.05, 3.63) is 35.4 Å². The van der Waals surface area contributed by atoms with E-state index in [1.54, 1.807) is 12.3 Å². The number of aromatic nitrogens is 3. The summed E-state index contributed by atoms with van der Waals surface area (Å²) in [6.07, 6.45) is 0.692. The van der Waals surface area contributed by atoms with Gasteiger partial charge in [-0.25, -0.2) is 19.6 Å². The van der Waals surface area contributed by atoms with Gasteiger partial charge in [0.2, 0.25) is 0 Å². The van der Waals surface area contributed by atoms with Crippen LogP contribution in [0.25, 0.3) is 11.4 Å². The van der Waals surface area contributed by atoms with Gasteiger partial charge in [-0.3, -0.25) is 4.57 Å². The fourth-order valence-electron chi connectivity index (χ4n) is 3.19. The first-order valence-electron chi connectivity index (χ1n) is 9.66. The average molecular weight is 400 g/mol. The second kappa shape index (κ2) is 7.17. The molecule has 1 amide bonds. The normalized spacial score (nSPS) is 14.5. The number of amides is 1. The fourth-order valence-corrected chi connectivity index (χ4v) is 3.19. The van der Waals surface area contributed by atoms with Crippen molar-refractivity contribution in [2.24, 2.45) is 0 Å². The van der Waals surface area contributed by atoms with Gasteiger partial charge in [-0.15, -0.1) is 0 Å². The van der Waals surface area contributed by atoms with Crippen LogP contribution >= 0.6 is 0 Å². The van der Waals surface area contributed by atoms with Crippen LogP contribution in [0.1, 0.15) is 58.6 Å². The highest BCUT2D eigenvalue weighted by Gasteiger charge is 2.30. The Morgan fingerprint density at radius 1 is 1.14 bits per heavy atom. The molecule has 1 aliphatic heterocycles. The van der Waals surface area contributed by atoms with Crippen LogP contribution < -0.4 is 0 Å². The monoisotopic (exact) mass is 400 g/mol. The zero-order valence-corrected chi connectivity index (χ0v) is 17.8. The van der Waals surface area contributed by atoms with Gasteiger partial charge < -0.3 is 14.7 Å². The number of carbonyl (C=O) groups is 2. The Labute approximate surface area is 170 Å². The van der Waals surface area contributed by atoms with Crippen LogP contribution in [-0.2, 0) is 23.1 Å². The van der Waals surface area contributed by atoms with Crippen molar-refractivity contribution in [2.45, 2.75) is 65.5 Å². The van der Waals surface area contributed by atoms with Crippen LogP contribution in [0, 0.1) is 0 Å². The van der Waals surface area contributed by atoms with E-state index >= 15 is 0 Å². The molecule has 8 nitrogen and oxygen atoms in total. The van der Waals surface area contributed by atoms with Crippen LogP contribution in [-0.4, -0.2) is 48.9 Å². The minimum absolute atomic E-state index is 0.205. The van der Waals surface area contributed by atoms with E-state index in [1.807, 2.05) is 47.6 Å². The second-order valence-corrected chi connectivity index (χ2v) is 9.27. The van der Waals surface area contributed by atoms with E-state index in [2.05, 4.69) is 4.98 Å². The molecular weight excluding hydrogens is 372 g/mol. The molecule has 3 rings (SSSR count). The molecule has 156 valence electrons. The van der Waals surface area contributed by atoms with E-state index in [9.17, 15) is 14.7 Å². The van der Waals surface area contributed by atoms with Crippen LogP contribution in [0.3, 0.4) is 0 Å². The lowest BCUT2D eigenvalue weighted by molar-refractivity contribution is 0.0540. The fraction of sp³-hybridized carbons (Fsp3) is 0.524. The number of carbonyl (C=O) groups excluding carboxylic acids is 1. The highest BCUT2D eigenvalue weighted by Crippen LogP contribution is 2.31. The largest absolute Gasteiger partial charge is 0.465 e. The van der Waals surface area contributed by atoms with Gasteiger partial charge in [0, 0.05) is 23.7 Å². The van der Waals surface area contributed by atoms with Crippen molar-refractivity contribution in [3.63, 3.8) is 0 Å². The van der Waals surface area contributed by atoms with Crippen molar-refractivity contribution < 1.29 is 19.4 Å². The van der Waals surface area contributed by atoms with Gasteiger partial charge >= 0.3 is 12.2 Å². The predicted octanol–water partition coefficient (Wildman–Crippen LogP) is 4.06. The number of hydrogen-bond acceptors (Lipinski definition) is 5. The van der Waals surface area contributed by atoms with Gasteiger partial charge in [0.25, 0.3) is 0 Å². The minimum atomic E-state index is -0.967. The SMILES string of the molecule is CC(C)(C)OC(=O)n1cccc1-c1nc(C(C)(C)C)nc2c1CCN(C(=O)O)C2. The molecule has 29 heavy (non-hydrogen) atoms. The maximum Gasteiger partial charge on any atom is 0.419 e. The number of hydrogen-bond donors (Lipinski definition) is 1. The topological polar surface area (TPSA) is 97.6 Å². The van der Waals surface area contributed by atoms with Gasteiger partial charge in [0.05, 0.1) is 23.6 Å². The lowest BCUT2D eigenvalue weighted by Crippen LogP contribution is -2.36. The predicted molar refractivity (Wildman–Crippen MR) is 108 cm³/mol. The van der Waals surface area contributed by atoms with E-state index in [1.165, 1.54) is 9.47 Å². The van der Waals surface area contributed by atoms with Crippen LogP contribution in [0.5, 0.6) is 0 Å². The first-order chi connectivity index (χ1) is 13.4. The summed E-state index contributed by atoms with van der Waals surface area (Å²) in [4.78, 5) is 35.0. The summed E-state index contributed by atoms with van der Waals surface area (Å²) in [7, 11) is 0. The Balaban J connectivity index is 2.14. The van der Waals surface area contributed by atoms with Gasteiger partial charge in [-0.05, 0) is 39.3 Å². The Hall–Kier alpha value is -2.90. The molecule has 0 spiro atoms. The molecule has 2 aromatic heterocycles. The molecule has 3 heterocycles. The molecule has 0 fully saturated rings. The second-order valence-electron chi connectivity index (χ2n) is 9.27. The Kier molecular flexibility index (Phi) is 5.15. The zero-order valence-electron chi connectivity index (χ0n) is 17.8. The lowest BCUT2D eigenvalue weighted by atomic mass is 9.93. The molecule has 0 radical (unpaired) electrons. The van der Waals surface area contributed by atoms with E-state index < -0.39 is 17.8 Å². The summed E-state index contributed by atoms with van der Waals surface area (Å²) < 4.78 is 6.98. The third-order valence-electron chi connectivity index (χ3n) is 4.59. The summed E-state index contributed by atoms with van der Waals surface area (Å²) >= 11 is 0. The van der Waals surface area contributed by atoms with Crippen molar-refractivity contribution in [1.82, 2.24) is 19.4 Å². The molecule has 0 bridgehead atoms. The molecular formula is C21H28N4O4. The lowest BCUT2D eigenvalue weighted by Gasteiger charge is -2.29. The highest BCUT2D eigenvalue weighted by molar-refractivity contribution is 5.79. The number of ether oxygens (including phenoxy) is 1. The van der Waals surface area contributed by atoms with Crippen LogP contribution in [0.15, 0.2) is 18.3 Å². The molecule has 0 saturated heterocycles. The number of nitrogens with zero attached hydrogens (tertiary/aromatic N) is 4. The molecule has 0 atom stereocenters. The van der Waals surface area contributed by atoms with Gasteiger partial charge in [0.1, 0.15) is 11.4 Å². The molecule has 1 N–H and O–H groups in total. The van der Waals surface area contributed by atoms with Crippen molar-refractivity contribution in [1.29, 1.82) is 0 Å². The number of rotatable bonds is 1. The van der Waals surface area contributed by atoms with Crippen molar-refractivity contribution in [3.8, 4) is 11.4 Å². The molecule has 2 aromatic rings. The Morgan fingerprint density at radius 2 is 1.83 bits per heavy atom. The molecule has 8 heteroatoms. The Morgan fingerprint density at radius 3 is 2.41 bits per heavy atom. The third kappa shape index (κ3) is 4.41. The standard InChI is InChI=1S/C21H28N4O4/c1-20(2,3)17-22-14-12-24(18(26)27)11-9-13(14)16(23-17)15-8-7-10-25(15)19(28)29-21(4,5)6/h7-8,10H,9,11-12H2,1-6H3,(H,26,27). The molecule has 0 unspecified atom stereocenters. The summed E-state index contributed by atoms with van der Waals surface area (Å²) in [5.74, 6) is 0.607. The van der Waals surface area contributed by atoms with Crippen molar-refractivity contribution in [2.75, 3.05) is 6.54 Å². The molecule has 0 aliphatic carbocycles. The summed E-state index contributed by atoms with van der Waals surface area (Å²) in [6, 6.07) is 3.60. The van der Waals surface area contributed by atoms with Gasteiger partial charge in [-0.2, -0.15) is 0 Å².